The molecule has 0 N–H and O–H groups in total. The molecule has 0 aliphatic carbocycles. The van der Waals surface area contributed by atoms with E-state index in [1.165, 1.54) is 0 Å². The maximum absolute atomic E-state index is 11.3. The van der Waals surface area contributed by atoms with E-state index in [4.69, 9.17) is 0 Å². The first kappa shape index (κ1) is 13.0. The molecule has 1 aliphatic heterocycles. The van der Waals surface area contributed by atoms with Crippen molar-refractivity contribution in [2.75, 3.05) is 13.1 Å². The van der Waals surface area contributed by atoms with Crippen molar-refractivity contribution in [2.24, 2.45) is 13.0 Å². The first-order valence-corrected chi connectivity index (χ1v) is 6.04. The van der Waals surface area contributed by atoms with Gasteiger partial charge < -0.3 is 4.57 Å². The van der Waals surface area contributed by atoms with Gasteiger partial charge in [0, 0.05) is 38.4 Å². The summed E-state index contributed by atoms with van der Waals surface area (Å²) in [6.07, 6.45) is 0. The average Bonchev–Trinajstić information content (AvgIpc) is 2.25. The minimum absolute atomic E-state index is 0.0797. The number of nitrogens with zero attached hydrogens (tertiary/aromatic N) is 2. The van der Waals surface area contributed by atoms with Crippen LogP contribution in [0.4, 0.5) is 0 Å². The highest BCUT2D eigenvalue weighted by molar-refractivity contribution is 5.06. The smallest absolute Gasteiger partial charge is 0.250 e. The zero-order valence-corrected chi connectivity index (χ0v) is 10.7. The molecular formula is C13H22N2O. The fraction of sp³-hybridized carbons (Fsp3) is 0.615. The lowest BCUT2D eigenvalue weighted by Gasteiger charge is -2.37. The Kier molecular flexibility index (Phi) is 4.74. The molecule has 2 heterocycles. The highest BCUT2D eigenvalue weighted by atomic mass is 16.1. The maximum Gasteiger partial charge on any atom is 0.250 e. The van der Waals surface area contributed by atoms with Gasteiger partial charge in [0.15, 0.2) is 0 Å². The first-order valence-electron chi connectivity index (χ1n) is 6.04. The summed E-state index contributed by atoms with van der Waals surface area (Å²) < 4.78 is 1.73. The summed E-state index contributed by atoms with van der Waals surface area (Å²) in [4.78, 5) is 13.7. The molecule has 16 heavy (non-hydrogen) atoms. The molecule has 0 saturated carbocycles. The molecule has 0 atom stereocenters. The fourth-order valence-electron chi connectivity index (χ4n) is 1.95. The molecule has 0 spiro atoms. The van der Waals surface area contributed by atoms with Gasteiger partial charge in [0.05, 0.1) is 0 Å². The minimum Gasteiger partial charge on any atom is -0.314 e. The molecule has 2 rings (SSSR count). The third-order valence-corrected chi connectivity index (χ3v) is 2.81. The molecule has 0 radical (unpaired) electrons. The van der Waals surface area contributed by atoms with E-state index >= 15 is 0 Å². The normalized spacial score (nSPS) is 16.2. The van der Waals surface area contributed by atoms with Gasteiger partial charge in [-0.2, -0.15) is 0 Å². The van der Waals surface area contributed by atoms with E-state index in [0.29, 0.717) is 0 Å². The number of aromatic nitrogens is 1. The number of likely N-dealkylation sites (tertiary alicyclic amines) is 1. The van der Waals surface area contributed by atoms with Crippen molar-refractivity contribution in [3.63, 3.8) is 0 Å². The van der Waals surface area contributed by atoms with Gasteiger partial charge in [-0.05, 0) is 12.0 Å². The Labute approximate surface area is 97.7 Å². The predicted octanol–water partition coefficient (Wildman–Crippen LogP) is 1.86. The van der Waals surface area contributed by atoms with Gasteiger partial charge in [-0.3, -0.25) is 9.69 Å². The topological polar surface area (TPSA) is 25.2 Å². The third kappa shape index (κ3) is 2.95. The lowest BCUT2D eigenvalue weighted by Crippen LogP contribution is -2.45. The van der Waals surface area contributed by atoms with Crippen LogP contribution in [0.15, 0.2) is 23.0 Å². The van der Waals surface area contributed by atoms with Crippen LogP contribution < -0.4 is 5.56 Å². The lowest BCUT2D eigenvalue weighted by atomic mass is 10.0. The summed E-state index contributed by atoms with van der Waals surface area (Å²) in [5, 5.41) is 0. The van der Waals surface area contributed by atoms with Crippen LogP contribution in [0.3, 0.4) is 0 Å². The highest BCUT2D eigenvalue weighted by Gasteiger charge is 2.22. The van der Waals surface area contributed by atoms with Gasteiger partial charge in [-0.15, -0.1) is 0 Å². The number of pyridine rings is 1. The monoisotopic (exact) mass is 222 g/mol. The SMILES string of the molecule is CC.CC1CN(Cc2cccc(=O)n2C)C1. The maximum atomic E-state index is 11.3. The Morgan fingerprint density at radius 1 is 1.31 bits per heavy atom. The van der Waals surface area contributed by atoms with E-state index in [-0.39, 0.29) is 5.56 Å². The Balaban J connectivity index is 0.000000606. The van der Waals surface area contributed by atoms with Crippen LogP contribution in [0, 0.1) is 5.92 Å². The Bertz CT molecular complexity index is 378. The summed E-state index contributed by atoms with van der Waals surface area (Å²) in [5.41, 5.74) is 1.18. The van der Waals surface area contributed by atoms with Crippen LogP contribution in [0.1, 0.15) is 26.5 Å². The number of hydrogen-bond donors (Lipinski definition) is 0. The summed E-state index contributed by atoms with van der Waals surface area (Å²) >= 11 is 0. The van der Waals surface area contributed by atoms with E-state index < -0.39 is 0 Å². The summed E-state index contributed by atoms with van der Waals surface area (Å²) in [7, 11) is 1.83. The first-order chi connectivity index (χ1) is 7.66. The van der Waals surface area contributed by atoms with E-state index in [9.17, 15) is 4.79 Å². The molecule has 90 valence electrons. The third-order valence-electron chi connectivity index (χ3n) is 2.81. The van der Waals surface area contributed by atoms with Crippen molar-refractivity contribution >= 4 is 0 Å². The van der Waals surface area contributed by atoms with Crippen molar-refractivity contribution in [1.29, 1.82) is 0 Å². The van der Waals surface area contributed by atoms with Gasteiger partial charge in [0.1, 0.15) is 0 Å². The standard InChI is InChI=1S/C11H16N2O.C2H6/c1-9-6-13(7-9)8-10-4-3-5-11(14)12(10)2;1-2/h3-5,9H,6-8H2,1-2H3;1-2H3. The quantitative estimate of drug-likeness (QED) is 0.763. The Morgan fingerprint density at radius 2 is 1.94 bits per heavy atom. The fourth-order valence-corrected chi connectivity index (χ4v) is 1.95. The van der Waals surface area contributed by atoms with Crippen LogP contribution in [0.25, 0.3) is 0 Å². The van der Waals surface area contributed by atoms with E-state index in [2.05, 4.69) is 11.8 Å². The largest absolute Gasteiger partial charge is 0.314 e. The Morgan fingerprint density at radius 3 is 2.50 bits per heavy atom. The van der Waals surface area contributed by atoms with Gasteiger partial charge in [0.25, 0.3) is 0 Å². The second kappa shape index (κ2) is 5.85. The van der Waals surface area contributed by atoms with E-state index in [1.54, 1.807) is 10.6 Å². The summed E-state index contributed by atoms with van der Waals surface area (Å²) in [6.45, 7) is 9.46. The number of hydrogen-bond acceptors (Lipinski definition) is 2. The van der Waals surface area contributed by atoms with Crippen LogP contribution in [0.5, 0.6) is 0 Å². The van der Waals surface area contributed by atoms with Crippen molar-refractivity contribution in [2.45, 2.75) is 27.3 Å². The van der Waals surface area contributed by atoms with Crippen LogP contribution in [-0.2, 0) is 13.6 Å². The van der Waals surface area contributed by atoms with Crippen molar-refractivity contribution < 1.29 is 0 Å². The van der Waals surface area contributed by atoms with Gasteiger partial charge in [-0.25, -0.2) is 0 Å². The number of rotatable bonds is 2. The second-order valence-electron chi connectivity index (χ2n) is 4.21. The molecule has 1 aliphatic rings. The van der Waals surface area contributed by atoms with E-state index in [0.717, 1.165) is 31.2 Å². The molecular weight excluding hydrogens is 200 g/mol. The minimum atomic E-state index is 0.0797. The zero-order valence-electron chi connectivity index (χ0n) is 10.7. The Hall–Kier alpha value is -1.09. The zero-order chi connectivity index (χ0) is 12.1. The van der Waals surface area contributed by atoms with Crippen LogP contribution >= 0.6 is 0 Å². The molecule has 0 bridgehead atoms. The molecule has 0 aromatic carbocycles. The van der Waals surface area contributed by atoms with Crippen LogP contribution in [0.2, 0.25) is 0 Å². The summed E-state index contributed by atoms with van der Waals surface area (Å²) in [6, 6.07) is 5.45. The second-order valence-corrected chi connectivity index (χ2v) is 4.21. The molecule has 1 saturated heterocycles. The average molecular weight is 222 g/mol. The molecule has 1 aromatic heterocycles. The van der Waals surface area contributed by atoms with Crippen molar-refractivity contribution in [1.82, 2.24) is 9.47 Å². The highest BCUT2D eigenvalue weighted by Crippen LogP contribution is 2.16. The van der Waals surface area contributed by atoms with Gasteiger partial charge in [-0.1, -0.05) is 26.8 Å². The van der Waals surface area contributed by atoms with Gasteiger partial charge >= 0.3 is 0 Å². The molecule has 0 amide bonds. The molecule has 1 aromatic rings. The molecule has 0 unspecified atom stereocenters. The lowest BCUT2D eigenvalue weighted by molar-refractivity contribution is 0.102. The van der Waals surface area contributed by atoms with Gasteiger partial charge in [0.2, 0.25) is 5.56 Å². The summed E-state index contributed by atoms with van der Waals surface area (Å²) in [5.74, 6) is 0.816. The predicted molar refractivity (Wildman–Crippen MR) is 67.5 cm³/mol. The molecule has 3 nitrogen and oxygen atoms in total. The molecule has 1 fully saturated rings. The van der Waals surface area contributed by atoms with E-state index in [1.807, 2.05) is 33.0 Å². The molecule has 3 heteroatoms. The van der Waals surface area contributed by atoms with Crippen molar-refractivity contribution in [3.05, 3.63) is 34.2 Å². The van der Waals surface area contributed by atoms with Crippen LogP contribution in [-0.4, -0.2) is 22.6 Å². The van der Waals surface area contributed by atoms with Crippen molar-refractivity contribution in [3.8, 4) is 0 Å².